The van der Waals surface area contributed by atoms with Gasteiger partial charge < -0.3 is 14.4 Å². The van der Waals surface area contributed by atoms with Crippen LogP contribution in [0.2, 0.25) is 0 Å². The summed E-state index contributed by atoms with van der Waals surface area (Å²) in [5.41, 5.74) is 1.10. The molecule has 0 aliphatic carbocycles. The minimum Gasteiger partial charge on any atom is -0.486 e. The van der Waals surface area contributed by atoms with Gasteiger partial charge in [-0.3, -0.25) is 4.79 Å². The molecule has 2 aliphatic rings. The van der Waals surface area contributed by atoms with Crippen LogP contribution in [0.4, 0.5) is 0 Å². The third kappa shape index (κ3) is 3.73. The molecular weight excluding hydrogens is 366 g/mol. The Bertz CT molecular complexity index is 825. The minimum atomic E-state index is 0.0787. The molecule has 0 N–H and O–H groups in total. The van der Waals surface area contributed by atoms with Crippen LogP contribution < -0.4 is 9.47 Å². The van der Waals surface area contributed by atoms with Crippen LogP contribution in [0.15, 0.2) is 23.4 Å². The number of hydrogen-bond donors (Lipinski definition) is 0. The molecule has 27 heavy (non-hydrogen) atoms. The Hall–Kier alpha value is -2.29. The predicted octanol–water partition coefficient (Wildman–Crippen LogP) is 2.48. The zero-order valence-electron chi connectivity index (χ0n) is 15.5. The zero-order valence-corrected chi connectivity index (χ0v) is 16.3. The molecule has 144 valence electrons. The average Bonchev–Trinajstić information content (AvgIpc) is 3.35. The third-order valence-electron chi connectivity index (χ3n) is 4.80. The van der Waals surface area contributed by atoms with E-state index >= 15 is 0 Å². The highest BCUT2D eigenvalue weighted by Crippen LogP contribution is 2.38. The number of tetrazole rings is 1. The normalized spacial score (nSPS) is 18.9. The number of nitrogens with zero attached hydrogens (tertiary/aromatic N) is 5. The first kappa shape index (κ1) is 18.1. The van der Waals surface area contributed by atoms with E-state index in [2.05, 4.69) is 15.5 Å². The summed E-state index contributed by atoms with van der Waals surface area (Å²) in [6.07, 6.45) is 1.96. The maximum absolute atomic E-state index is 12.9. The standard InChI is InChI=1S/C18H23N5O3S/c1-12(2)23-18(19-20-21-23)27-11-17(24)22-7-3-4-14(22)13-5-6-15-16(10-13)26-9-8-25-15/h5-6,10,12,14H,3-4,7-9,11H2,1-2H3/t14-/m0/s1. The fraction of sp³-hybridized carbons (Fsp3) is 0.556. The van der Waals surface area contributed by atoms with Gasteiger partial charge in [-0.1, -0.05) is 17.8 Å². The SMILES string of the molecule is CC(C)n1nnnc1SCC(=O)N1CCC[C@H]1c1ccc2c(c1)OCCO2. The van der Waals surface area contributed by atoms with E-state index in [1.807, 2.05) is 36.9 Å². The van der Waals surface area contributed by atoms with Crippen molar-refractivity contribution >= 4 is 17.7 Å². The number of hydrogen-bond acceptors (Lipinski definition) is 7. The van der Waals surface area contributed by atoms with Gasteiger partial charge in [0.25, 0.3) is 0 Å². The summed E-state index contributed by atoms with van der Waals surface area (Å²) in [5.74, 6) is 1.98. The van der Waals surface area contributed by atoms with Crippen molar-refractivity contribution in [3.05, 3.63) is 23.8 Å². The molecule has 0 unspecified atom stereocenters. The molecule has 3 heterocycles. The maximum Gasteiger partial charge on any atom is 0.233 e. The molecule has 8 nitrogen and oxygen atoms in total. The number of ether oxygens (including phenoxy) is 2. The lowest BCUT2D eigenvalue weighted by Gasteiger charge is -2.26. The highest BCUT2D eigenvalue weighted by Gasteiger charge is 2.31. The van der Waals surface area contributed by atoms with Crippen LogP contribution in [0.3, 0.4) is 0 Å². The van der Waals surface area contributed by atoms with Crippen LogP contribution >= 0.6 is 11.8 Å². The first-order chi connectivity index (χ1) is 13.1. The fourth-order valence-corrected chi connectivity index (χ4v) is 4.39. The maximum atomic E-state index is 12.9. The Balaban J connectivity index is 1.45. The van der Waals surface area contributed by atoms with E-state index in [0.717, 1.165) is 36.4 Å². The summed E-state index contributed by atoms with van der Waals surface area (Å²) in [6, 6.07) is 6.23. The lowest BCUT2D eigenvalue weighted by Crippen LogP contribution is -2.32. The van der Waals surface area contributed by atoms with Gasteiger partial charge in [0, 0.05) is 6.54 Å². The Kier molecular flexibility index (Phi) is 5.20. The molecule has 1 atom stereocenters. The fourth-order valence-electron chi connectivity index (χ4n) is 3.49. The minimum absolute atomic E-state index is 0.0787. The lowest BCUT2D eigenvalue weighted by atomic mass is 10.0. The molecule has 0 bridgehead atoms. The van der Waals surface area contributed by atoms with E-state index in [1.165, 1.54) is 11.8 Å². The number of likely N-dealkylation sites (tertiary alicyclic amines) is 1. The summed E-state index contributed by atoms with van der Waals surface area (Å²) in [4.78, 5) is 14.8. The molecular formula is C18H23N5O3S. The van der Waals surface area contributed by atoms with Gasteiger partial charge in [-0.2, -0.15) is 0 Å². The molecule has 9 heteroatoms. The van der Waals surface area contributed by atoms with Crippen LogP contribution in [0, 0.1) is 0 Å². The van der Waals surface area contributed by atoms with Crippen molar-refractivity contribution in [2.75, 3.05) is 25.5 Å². The highest BCUT2D eigenvalue weighted by atomic mass is 32.2. The van der Waals surface area contributed by atoms with Crippen molar-refractivity contribution in [2.45, 2.75) is 43.9 Å². The van der Waals surface area contributed by atoms with Gasteiger partial charge in [-0.25, -0.2) is 4.68 Å². The van der Waals surface area contributed by atoms with Gasteiger partial charge >= 0.3 is 0 Å². The second kappa shape index (κ2) is 7.75. The van der Waals surface area contributed by atoms with Crippen molar-refractivity contribution < 1.29 is 14.3 Å². The number of aromatic nitrogens is 4. The number of thioether (sulfide) groups is 1. The van der Waals surface area contributed by atoms with Crippen molar-refractivity contribution in [3.63, 3.8) is 0 Å². The predicted molar refractivity (Wildman–Crippen MR) is 100 cm³/mol. The number of carbonyl (C=O) groups is 1. The summed E-state index contributed by atoms with van der Waals surface area (Å²) >= 11 is 1.39. The second-order valence-electron chi connectivity index (χ2n) is 6.94. The van der Waals surface area contributed by atoms with Gasteiger partial charge in [0.1, 0.15) is 13.2 Å². The Morgan fingerprint density at radius 2 is 2.11 bits per heavy atom. The number of rotatable bonds is 5. The van der Waals surface area contributed by atoms with E-state index in [1.54, 1.807) is 4.68 Å². The zero-order chi connectivity index (χ0) is 18.8. The number of benzene rings is 1. The largest absolute Gasteiger partial charge is 0.486 e. The Morgan fingerprint density at radius 3 is 2.93 bits per heavy atom. The second-order valence-corrected chi connectivity index (χ2v) is 7.88. The molecule has 2 aliphatic heterocycles. The van der Waals surface area contributed by atoms with Gasteiger partial charge in [0.15, 0.2) is 11.5 Å². The Morgan fingerprint density at radius 1 is 1.30 bits per heavy atom. The molecule has 1 saturated heterocycles. The van der Waals surface area contributed by atoms with Crippen LogP contribution in [0.1, 0.15) is 44.3 Å². The van der Waals surface area contributed by atoms with Gasteiger partial charge in [0.05, 0.1) is 17.8 Å². The molecule has 0 saturated carbocycles. The first-order valence-electron chi connectivity index (χ1n) is 9.23. The average molecular weight is 389 g/mol. The lowest BCUT2D eigenvalue weighted by molar-refractivity contribution is -0.129. The van der Waals surface area contributed by atoms with Crippen LogP contribution in [0.25, 0.3) is 0 Å². The quantitative estimate of drug-likeness (QED) is 0.727. The Labute approximate surface area is 162 Å². The van der Waals surface area contributed by atoms with Crippen LogP contribution in [-0.4, -0.2) is 56.5 Å². The van der Waals surface area contributed by atoms with Crippen molar-refractivity contribution in [1.29, 1.82) is 0 Å². The van der Waals surface area contributed by atoms with Gasteiger partial charge in [-0.15, -0.1) is 5.10 Å². The molecule has 0 radical (unpaired) electrons. The molecule has 0 spiro atoms. The van der Waals surface area contributed by atoms with E-state index in [4.69, 9.17) is 9.47 Å². The van der Waals surface area contributed by atoms with E-state index in [-0.39, 0.29) is 18.0 Å². The number of amides is 1. The number of fused-ring (bicyclic) bond motifs is 1. The molecule has 2 aromatic rings. The molecule has 1 amide bonds. The molecule has 1 aromatic heterocycles. The van der Waals surface area contributed by atoms with Crippen molar-refractivity contribution in [1.82, 2.24) is 25.1 Å². The van der Waals surface area contributed by atoms with Crippen LogP contribution in [-0.2, 0) is 4.79 Å². The monoisotopic (exact) mass is 389 g/mol. The van der Waals surface area contributed by atoms with E-state index < -0.39 is 0 Å². The molecule has 1 aromatic carbocycles. The summed E-state index contributed by atoms with van der Waals surface area (Å²) < 4.78 is 13.0. The van der Waals surface area contributed by atoms with Gasteiger partial charge in [-0.05, 0) is 54.8 Å². The first-order valence-corrected chi connectivity index (χ1v) is 10.2. The van der Waals surface area contributed by atoms with Crippen molar-refractivity contribution in [3.8, 4) is 11.5 Å². The van der Waals surface area contributed by atoms with Crippen LogP contribution in [0.5, 0.6) is 11.5 Å². The topological polar surface area (TPSA) is 82.4 Å². The smallest absolute Gasteiger partial charge is 0.233 e. The third-order valence-corrected chi connectivity index (χ3v) is 5.72. The van der Waals surface area contributed by atoms with Gasteiger partial charge in [0.2, 0.25) is 11.1 Å². The summed E-state index contributed by atoms with van der Waals surface area (Å²) in [5, 5.41) is 12.4. The summed E-state index contributed by atoms with van der Waals surface area (Å²) in [7, 11) is 0. The summed E-state index contributed by atoms with van der Waals surface area (Å²) in [6.45, 7) is 5.94. The number of carbonyl (C=O) groups excluding carboxylic acids is 1. The molecule has 4 rings (SSSR count). The molecule has 1 fully saturated rings. The van der Waals surface area contributed by atoms with E-state index in [9.17, 15) is 4.79 Å². The van der Waals surface area contributed by atoms with Crippen molar-refractivity contribution in [2.24, 2.45) is 0 Å². The highest BCUT2D eigenvalue weighted by molar-refractivity contribution is 7.99. The van der Waals surface area contributed by atoms with E-state index in [0.29, 0.717) is 24.1 Å².